The molecule has 1 aromatic rings. The molecule has 0 fully saturated rings. The maximum Gasteiger partial charge on any atom is 0.334 e. The van der Waals surface area contributed by atoms with Crippen LogP contribution in [0.4, 0.5) is 0 Å². The molecule has 0 aliphatic carbocycles. The number of nitrogens with one attached hydrogen (secondary N) is 1. The summed E-state index contributed by atoms with van der Waals surface area (Å²) in [7, 11) is 0. The number of amides is 1. The van der Waals surface area contributed by atoms with E-state index in [1.165, 1.54) is 11.8 Å². The van der Waals surface area contributed by atoms with Crippen LogP contribution >= 0.6 is 23.4 Å². The Labute approximate surface area is 120 Å². The molecule has 1 aromatic carbocycles. The Morgan fingerprint density at radius 3 is 2.68 bits per heavy atom. The van der Waals surface area contributed by atoms with Crippen molar-refractivity contribution in [3.8, 4) is 0 Å². The van der Waals surface area contributed by atoms with E-state index in [1.54, 1.807) is 6.07 Å². The molecule has 0 heterocycles. The van der Waals surface area contributed by atoms with Gasteiger partial charge in [0.05, 0.1) is 11.6 Å². The third-order valence-electron chi connectivity index (χ3n) is 2.20. The van der Waals surface area contributed by atoms with Gasteiger partial charge in [0.2, 0.25) is 5.91 Å². The molecular formula is C12H14ClNO4S. The number of hydrogen-bond acceptors (Lipinski definition) is 4. The monoisotopic (exact) mass is 303 g/mol. The van der Waals surface area contributed by atoms with Gasteiger partial charge in [0.1, 0.15) is 0 Å². The van der Waals surface area contributed by atoms with Gasteiger partial charge in [0, 0.05) is 17.1 Å². The molecule has 0 saturated carbocycles. The Balaban J connectivity index is 2.24. The Bertz CT molecular complexity index is 455. The average molecular weight is 304 g/mol. The zero-order valence-corrected chi connectivity index (χ0v) is 11.6. The highest BCUT2D eigenvalue weighted by molar-refractivity contribution is 7.99. The molecule has 0 radical (unpaired) electrons. The summed E-state index contributed by atoms with van der Waals surface area (Å²) in [4.78, 5) is 22.6. The predicted molar refractivity (Wildman–Crippen MR) is 73.4 cm³/mol. The zero-order chi connectivity index (χ0) is 14.3. The molecule has 3 N–H and O–H groups in total. The first-order chi connectivity index (χ1) is 9.00. The van der Waals surface area contributed by atoms with E-state index in [4.69, 9.17) is 21.8 Å². The number of hydrogen-bond donors (Lipinski definition) is 3. The third kappa shape index (κ3) is 5.96. The van der Waals surface area contributed by atoms with Crippen LogP contribution < -0.4 is 5.32 Å². The van der Waals surface area contributed by atoms with Crippen LogP contribution in [0.3, 0.4) is 0 Å². The van der Waals surface area contributed by atoms with E-state index in [-0.39, 0.29) is 18.9 Å². The lowest BCUT2D eigenvalue weighted by Gasteiger charge is -2.08. The standard InChI is InChI=1S/C12H14ClNO4S/c13-8-3-1-2-4-10(8)19-6-5-11(16)14-7-9(15)12(17)18/h1-4,9,15H,5-7H2,(H,14,16)(H,17,18). The summed E-state index contributed by atoms with van der Waals surface area (Å²) in [6.07, 6.45) is -1.34. The molecule has 0 spiro atoms. The molecule has 1 amide bonds. The van der Waals surface area contributed by atoms with Crippen molar-refractivity contribution in [3.63, 3.8) is 0 Å². The van der Waals surface area contributed by atoms with E-state index in [0.717, 1.165) is 4.90 Å². The summed E-state index contributed by atoms with van der Waals surface area (Å²) in [6, 6.07) is 7.32. The minimum absolute atomic E-state index is 0.224. The van der Waals surface area contributed by atoms with E-state index in [2.05, 4.69) is 5.32 Å². The van der Waals surface area contributed by atoms with Gasteiger partial charge in [-0.1, -0.05) is 23.7 Å². The summed E-state index contributed by atoms with van der Waals surface area (Å²) in [5, 5.41) is 20.4. The number of carboxylic acids is 1. The van der Waals surface area contributed by atoms with Crippen LogP contribution in [0.15, 0.2) is 29.2 Å². The summed E-state index contributed by atoms with van der Waals surface area (Å²) < 4.78 is 0. The molecular weight excluding hydrogens is 290 g/mol. The van der Waals surface area contributed by atoms with Crippen molar-refractivity contribution < 1.29 is 19.8 Å². The van der Waals surface area contributed by atoms with Gasteiger partial charge >= 0.3 is 5.97 Å². The second-order valence-corrected chi connectivity index (χ2v) is 5.23. The van der Waals surface area contributed by atoms with Crippen LogP contribution in [0.2, 0.25) is 5.02 Å². The smallest absolute Gasteiger partial charge is 0.334 e. The first-order valence-electron chi connectivity index (χ1n) is 5.55. The normalized spacial score (nSPS) is 11.9. The molecule has 5 nitrogen and oxygen atoms in total. The average Bonchev–Trinajstić information content (AvgIpc) is 2.38. The highest BCUT2D eigenvalue weighted by Gasteiger charge is 2.13. The van der Waals surface area contributed by atoms with Crippen molar-refractivity contribution in [1.29, 1.82) is 0 Å². The summed E-state index contributed by atoms with van der Waals surface area (Å²) in [5.41, 5.74) is 0. The van der Waals surface area contributed by atoms with E-state index in [9.17, 15) is 9.59 Å². The number of halogens is 1. The molecule has 0 saturated heterocycles. The number of carboxylic acid groups (broad SMARTS) is 1. The first-order valence-corrected chi connectivity index (χ1v) is 6.92. The fourth-order valence-corrected chi connectivity index (χ4v) is 2.39. The fourth-order valence-electron chi connectivity index (χ4n) is 1.20. The van der Waals surface area contributed by atoms with Gasteiger partial charge in [0.15, 0.2) is 6.10 Å². The molecule has 0 aliphatic rings. The number of rotatable bonds is 7. The van der Waals surface area contributed by atoms with Crippen molar-refractivity contribution in [2.75, 3.05) is 12.3 Å². The molecule has 104 valence electrons. The van der Waals surface area contributed by atoms with Gasteiger partial charge in [-0.25, -0.2) is 4.79 Å². The summed E-state index contributed by atoms with van der Waals surface area (Å²) in [6.45, 7) is -0.287. The van der Waals surface area contributed by atoms with Crippen molar-refractivity contribution in [2.24, 2.45) is 0 Å². The Morgan fingerprint density at radius 2 is 2.05 bits per heavy atom. The van der Waals surface area contributed by atoms with Crippen LogP contribution in [-0.4, -0.2) is 40.5 Å². The van der Waals surface area contributed by atoms with Crippen molar-refractivity contribution >= 4 is 35.2 Å². The second-order valence-electron chi connectivity index (χ2n) is 3.69. The van der Waals surface area contributed by atoms with E-state index >= 15 is 0 Å². The van der Waals surface area contributed by atoms with E-state index in [0.29, 0.717) is 10.8 Å². The second kappa shape index (κ2) is 8.04. The van der Waals surface area contributed by atoms with Crippen LogP contribution in [0, 0.1) is 0 Å². The highest BCUT2D eigenvalue weighted by atomic mass is 35.5. The van der Waals surface area contributed by atoms with E-state index in [1.807, 2.05) is 18.2 Å². The van der Waals surface area contributed by atoms with Gasteiger partial charge in [-0.3, -0.25) is 4.79 Å². The third-order valence-corrected chi connectivity index (χ3v) is 3.72. The summed E-state index contributed by atoms with van der Waals surface area (Å²) >= 11 is 7.40. The quantitative estimate of drug-likeness (QED) is 0.663. The lowest BCUT2D eigenvalue weighted by molar-refractivity contribution is -0.146. The SMILES string of the molecule is O=C(CCSc1ccccc1Cl)NCC(O)C(=O)O. The number of benzene rings is 1. The molecule has 1 atom stereocenters. The van der Waals surface area contributed by atoms with Gasteiger partial charge in [-0.15, -0.1) is 11.8 Å². The van der Waals surface area contributed by atoms with Crippen LogP contribution in [-0.2, 0) is 9.59 Å². The Morgan fingerprint density at radius 1 is 1.37 bits per heavy atom. The Kier molecular flexibility index (Phi) is 6.69. The Hall–Kier alpha value is -1.24. The fraction of sp³-hybridized carbons (Fsp3) is 0.333. The number of carbonyl (C=O) groups excluding carboxylic acids is 1. The van der Waals surface area contributed by atoms with Crippen LogP contribution in [0.1, 0.15) is 6.42 Å². The minimum atomic E-state index is -1.57. The van der Waals surface area contributed by atoms with Gasteiger partial charge < -0.3 is 15.5 Å². The highest BCUT2D eigenvalue weighted by Crippen LogP contribution is 2.26. The maximum absolute atomic E-state index is 11.4. The van der Waals surface area contributed by atoms with E-state index < -0.39 is 12.1 Å². The molecule has 0 aromatic heterocycles. The molecule has 19 heavy (non-hydrogen) atoms. The number of aliphatic hydroxyl groups excluding tert-OH is 1. The predicted octanol–water partition coefficient (Wildman–Crippen LogP) is 1.38. The lowest BCUT2D eigenvalue weighted by atomic mass is 10.3. The van der Waals surface area contributed by atoms with Gasteiger partial charge in [-0.05, 0) is 12.1 Å². The van der Waals surface area contributed by atoms with Crippen molar-refractivity contribution in [2.45, 2.75) is 17.4 Å². The van der Waals surface area contributed by atoms with Gasteiger partial charge in [0.25, 0.3) is 0 Å². The molecule has 1 rings (SSSR count). The molecule has 0 aliphatic heterocycles. The van der Waals surface area contributed by atoms with Crippen molar-refractivity contribution in [3.05, 3.63) is 29.3 Å². The topological polar surface area (TPSA) is 86.6 Å². The first kappa shape index (κ1) is 15.8. The zero-order valence-electron chi connectivity index (χ0n) is 10.0. The van der Waals surface area contributed by atoms with Crippen molar-refractivity contribution in [1.82, 2.24) is 5.32 Å². The van der Waals surface area contributed by atoms with Gasteiger partial charge in [-0.2, -0.15) is 0 Å². The maximum atomic E-state index is 11.4. The van der Waals surface area contributed by atoms with Crippen LogP contribution in [0.25, 0.3) is 0 Å². The number of aliphatic carboxylic acids is 1. The molecule has 0 bridgehead atoms. The summed E-state index contributed by atoms with van der Waals surface area (Å²) in [5.74, 6) is -1.13. The lowest BCUT2D eigenvalue weighted by Crippen LogP contribution is -2.36. The number of aliphatic hydroxyl groups is 1. The molecule has 7 heteroatoms. The molecule has 1 unspecified atom stereocenters. The number of carbonyl (C=O) groups is 2. The largest absolute Gasteiger partial charge is 0.479 e. The number of thioether (sulfide) groups is 1. The van der Waals surface area contributed by atoms with Crippen LogP contribution in [0.5, 0.6) is 0 Å². The minimum Gasteiger partial charge on any atom is -0.479 e.